The van der Waals surface area contributed by atoms with Crippen LogP contribution in [0, 0.1) is 0 Å². The first-order valence-corrected chi connectivity index (χ1v) is 6.02. The molecule has 0 spiro atoms. The molecule has 0 saturated heterocycles. The van der Waals surface area contributed by atoms with Crippen LogP contribution in [0.3, 0.4) is 0 Å². The van der Waals surface area contributed by atoms with Crippen molar-refractivity contribution in [3.63, 3.8) is 0 Å². The monoisotopic (exact) mass is 257 g/mol. The lowest BCUT2D eigenvalue weighted by atomic mass is 9.99. The smallest absolute Gasteiger partial charge is 0.241 e. The summed E-state index contributed by atoms with van der Waals surface area (Å²) in [6.45, 7) is 1.71. The summed E-state index contributed by atoms with van der Waals surface area (Å²) >= 11 is 0. The average Bonchev–Trinajstić information content (AvgIpc) is 2.38. The maximum atomic E-state index is 12.1. The summed E-state index contributed by atoms with van der Waals surface area (Å²) in [5.74, 6) is 1.24. The largest absolute Gasteiger partial charge is 0.493 e. The number of nitrogens with one attached hydrogen (secondary N) is 1. The highest BCUT2D eigenvalue weighted by molar-refractivity contribution is 5.51. The number of alkyl halides is 2. The first-order valence-electron chi connectivity index (χ1n) is 6.02. The molecule has 0 radical (unpaired) electrons. The Morgan fingerprint density at radius 1 is 1.39 bits per heavy atom. The molecule has 100 valence electrons. The third-order valence-electron chi connectivity index (χ3n) is 2.99. The minimum absolute atomic E-state index is 0.00502. The van der Waals surface area contributed by atoms with E-state index >= 15 is 0 Å². The Morgan fingerprint density at radius 3 is 2.94 bits per heavy atom. The molecule has 1 aromatic rings. The van der Waals surface area contributed by atoms with Crippen LogP contribution >= 0.6 is 0 Å². The Kier molecular flexibility index (Phi) is 4.36. The summed E-state index contributed by atoms with van der Waals surface area (Å²) in [6, 6.07) is 3.75. The van der Waals surface area contributed by atoms with Crippen LogP contribution in [-0.4, -0.2) is 26.7 Å². The molecule has 1 aliphatic heterocycles. The van der Waals surface area contributed by atoms with E-state index in [1.165, 1.54) is 5.56 Å². The molecule has 0 aliphatic carbocycles. The molecule has 0 aromatic heterocycles. The van der Waals surface area contributed by atoms with Crippen molar-refractivity contribution in [1.82, 2.24) is 5.32 Å². The second-order valence-corrected chi connectivity index (χ2v) is 4.19. The quantitative estimate of drug-likeness (QED) is 0.878. The standard InChI is InChI=1S/C13H17F2NO2/c1-17-13-10-4-6-16-8-9(10)2-3-11(13)18-7-5-12(14)15/h2-3,12,16H,4-8H2,1H3. The third kappa shape index (κ3) is 2.90. The highest BCUT2D eigenvalue weighted by Gasteiger charge is 2.18. The number of halogens is 2. The van der Waals surface area contributed by atoms with Crippen molar-refractivity contribution >= 4 is 0 Å². The van der Waals surface area contributed by atoms with Gasteiger partial charge in [-0.15, -0.1) is 0 Å². The zero-order valence-corrected chi connectivity index (χ0v) is 10.3. The van der Waals surface area contributed by atoms with Crippen molar-refractivity contribution in [2.45, 2.75) is 25.8 Å². The van der Waals surface area contributed by atoms with Crippen LogP contribution in [0.15, 0.2) is 12.1 Å². The van der Waals surface area contributed by atoms with Gasteiger partial charge in [-0.3, -0.25) is 0 Å². The van der Waals surface area contributed by atoms with Crippen LogP contribution in [0.25, 0.3) is 0 Å². The van der Waals surface area contributed by atoms with E-state index in [1.54, 1.807) is 13.2 Å². The fourth-order valence-electron chi connectivity index (χ4n) is 2.12. The van der Waals surface area contributed by atoms with Crippen molar-refractivity contribution < 1.29 is 18.3 Å². The van der Waals surface area contributed by atoms with Gasteiger partial charge in [0.05, 0.1) is 13.7 Å². The van der Waals surface area contributed by atoms with E-state index in [4.69, 9.17) is 9.47 Å². The van der Waals surface area contributed by atoms with Gasteiger partial charge in [-0.2, -0.15) is 0 Å². The van der Waals surface area contributed by atoms with E-state index in [-0.39, 0.29) is 13.0 Å². The van der Waals surface area contributed by atoms with Gasteiger partial charge in [-0.25, -0.2) is 8.78 Å². The first kappa shape index (κ1) is 13.1. The Balaban J connectivity index is 2.14. The van der Waals surface area contributed by atoms with Crippen LogP contribution in [0.5, 0.6) is 11.5 Å². The Hall–Kier alpha value is -1.36. The number of benzene rings is 1. The molecule has 1 aliphatic rings. The van der Waals surface area contributed by atoms with Crippen LogP contribution in [-0.2, 0) is 13.0 Å². The first-order chi connectivity index (χ1) is 8.72. The minimum Gasteiger partial charge on any atom is -0.493 e. The van der Waals surface area contributed by atoms with Gasteiger partial charge in [-0.05, 0) is 24.6 Å². The van der Waals surface area contributed by atoms with Gasteiger partial charge in [0.25, 0.3) is 0 Å². The van der Waals surface area contributed by atoms with Crippen molar-refractivity contribution in [3.8, 4) is 11.5 Å². The van der Waals surface area contributed by atoms with E-state index < -0.39 is 6.43 Å². The van der Waals surface area contributed by atoms with Gasteiger partial charge in [0, 0.05) is 18.5 Å². The Labute approximate surface area is 105 Å². The number of rotatable bonds is 5. The van der Waals surface area contributed by atoms with Gasteiger partial charge in [0.1, 0.15) is 0 Å². The van der Waals surface area contributed by atoms with Crippen molar-refractivity contribution in [3.05, 3.63) is 23.3 Å². The van der Waals surface area contributed by atoms with Gasteiger partial charge >= 0.3 is 0 Å². The molecule has 0 amide bonds. The molecular weight excluding hydrogens is 240 g/mol. The number of methoxy groups -OCH3 is 1. The fourth-order valence-corrected chi connectivity index (χ4v) is 2.12. The lowest BCUT2D eigenvalue weighted by molar-refractivity contribution is 0.113. The molecule has 18 heavy (non-hydrogen) atoms. The zero-order valence-electron chi connectivity index (χ0n) is 10.3. The van der Waals surface area contributed by atoms with Gasteiger partial charge in [0.2, 0.25) is 6.43 Å². The summed E-state index contributed by atoms with van der Waals surface area (Å²) in [5.41, 5.74) is 2.30. The summed E-state index contributed by atoms with van der Waals surface area (Å²) < 4.78 is 34.9. The molecule has 5 heteroatoms. The molecule has 1 aromatic carbocycles. The maximum Gasteiger partial charge on any atom is 0.241 e. The topological polar surface area (TPSA) is 30.5 Å². The normalized spacial score (nSPS) is 14.4. The van der Waals surface area contributed by atoms with E-state index in [1.807, 2.05) is 6.07 Å². The number of hydrogen-bond acceptors (Lipinski definition) is 3. The molecule has 0 bridgehead atoms. The predicted octanol–water partition coefficient (Wildman–Crippen LogP) is 2.37. The zero-order chi connectivity index (χ0) is 13.0. The average molecular weight is 257 g/mol. The summed E-state index contributed by atoms with van der Waals surface area (Å²) in [4.78, 5) is 0. The van der Waals surface area contributed by atoms with Gasteiger partial charge < -0.3 is 14.8 Å². The number of hydrogen-bond donors (Lipinski definition) is 1. The van der Waals surface area contributed by atoms with Crippen LogP contribution in [0.1, 0.15) is 17.5 Å². The predicted molar refractivity (Wildman–Crippen MR) is 64.5 cm³/mol. The second kappa shape index (κ2) is 6.00. The Morgan fingerprint density at radius 2 is 2.22 bits per heavy atom. The molecule has 1 heterocycles. The lowest BCUT2D eigenvalue weighted by Crippen LogP contribution is -2.24. The van der Waals surface area contributed by atoms with Crippen molar-refractivity contribution in [2.24, 2.45) is 0 Å². The Bertz CT molecular complexity index is 410. The fraction of sp³-hybridized carbons (Fsp3) is 0.538. The molecule has 2 rings (SSSR count). The van der Waals surface area contributed by atoms with Crippen molar-refractivity contribution in [2.75, 3.05) is 20.3 Å². The lowest BCUT2D eigenvalue weighted by Gasteiger charge is -2.21. The molecule has 0 atom stereocenters. The summed E-state index contributed by atoms with van der Waals surface area (Å²) in [5, 5.41) is 3.27. The van der Waals surface area contributed by atoms with E-state index in [0.29, 0.717) is 11.5 Å². The summed E-state index contributed by atoms with van der Waals surface area (Å²) in [7, 11) is 1.58. The molecular formula is C13H17F2NO2. The maximum absolute atomic E-state index is 12.1. The van der Waals surface area contributed by atoms with Crippen molar-refractivity contribution in [1.29, 1.82) is 0 Å². The number of fused-ring (bicyclic) bond motifs is 1. The second-order valence-electron chi connectivity index (χ2n) is 4.19. The number of ether oxygens (including phenoxy) is 2. The highest BCUT2D eigenvalue weighted by Crippen LogP contribution is 2.35. The van der Waals surface area contributed by atoms with Crippen LogP contribution < -0.4 is 14.8 Å². The highest BCUT2D eigenvalue weighted by atomic mass is 19.3. The minimum atomic E-state index is -2.34. The van der Waals surface area contributed by atoms with Crippen LogP contribution in [0.2, 0.25) is 0 Å². The van der Waals surface area contributed by atoms with E-state index in [0.717, 1.165) is 25.1 Å². The van der Waals surface area contributed by atoms with Crippen LogP contribution in [0.4, 0.5) is 8.78 Å². The van der Waals surface area contributed by atoms with Gasteiger partial charge in [0.15, 0.2) is 11.5 Å². The van der Waals surface area contributed by atoms with E-state index in [9.17, 15) is 8.78 Å². The third-order valence-corrected chi connectivity index (χ3v) is 2.99. The molecule has 3 nitrogen and oxygen atoms in total. The molecule has 0 saturated carbocycles. The van der Waals surface area contributed by atoms with E-state index in [2.05, 4.69) is 5.32 Å². The molecule has 0 unspecified atom stereocenters. The SMILES string of the molecule is COc1c(OCCC(F)F)ccc2c1CCNC2. The molecule has 0 fully saturated rings. The summed E-state index contributed by atoms with van der Waals surface area (Å²) in [6.07, 6.45) is -1.73. The van der Waals surface area contributed by atoms with Gasteiger partial charge in [-0.1, -0.05) is 6.07 Å². The molecule has 1 N–H and O–H groups in total.